The number of hydrazone groups is 1. The largest absolute Gasteiger partial charge is 0.294 e. The molecule has 0 saturated heterocycles. The number of benzene rings is 1. The van der Waals surface area contributed by atoms with Crippen LogP contribution in [0.5, 0.6) is 0 Å². The smallest absolute Gasteiger partial charge is 0.260 e. The molecule has 2 N–H and O–H groups in total. The van der Waals surface area contributed by atoms with Crippen LogP contribution in [0, 0.1) is 6.92 Å². The van der Waals surface area contributed by atoms with E-state index in [1.807, 2.05) is 19.1 Å². The molecule has 1 aromatic carbocycles. The number of rotatable bonds is 5. The Hall–Kier alpha value is -2.57. The minimum atomic E-state index is 0.0104. The Kier molecular flexibility index (Phi) is 3.75. The highest BCUT2D eigenvalue weighted by atomic mass is 16.1. The first kappa shape index (κ1) is 11.9. The molecule has 0 unspecified atom stereocenters. The first-order valence-electron chi connectivity index (χ1n) is 5.37. The highest BCUT2D eigenvalue weighted by molar-refractivity contribution is 6.03. The van der Waals surface area contributed by atoms with Gasteiger partial charge in [0.15, 0.2) is 5.78 Å². The van der Waals surface area contributed by atoms with Gasteiger partial charge in [0.05, 0.1) is 0 Å². The van der Waals surface area contributed by atoms with Crippen molar-refractivity contribution in [3.63, 3.8) is 0 Å². The lowest BCUT2D eigenvalue weighted by Gasteiger charge is -1.98. The fourth-order valence-electron chi connectivity index (χ4n) is 1.30. The summed E-state index contributed by atoms with van der Waals surface area (Å²) >= 11 is 0. The fourth-order valence-corrected chi connectivity index (χ4v) is 1.30. The van der Waals surface area contributed by atoms with E-state index in [2.05, 4.69) is 31.2 Å². The van der Waals surface area contributed by atoms with E-state index in [1.165, 1.54) is 6.21 Å². The van der Waals surface area contributed by atoms with E-state index in [4.69, 9.17) is 0 Å². The summed E-state index contributed by atoms with van der Waals surface area (Å²) in [6.07, 6.45) is 1.70. The molecule has 0 aliphatic carbocycles. The molecule has 0 bridgehead atoms. The number of anilines is 1. The Morgan fingerprint density at radius 1 is 1.44 bits per heavy atom. The number of carbonyl (C=O) groups excluding carboxylic acids is 1. The van der Waals surface area contributed by atoms with E-state index >= 15 is 0 Å². The number of ketones is 1. The van der Waals surface area contributed by atoms with Crippen LogP contribution in [0.4, 0.5) is 5.95 Å². The molecule has 0 fully saturated rings. The average Bonchev–Trinajstić information content (AvgIpc) is 2.88. The quantitative estimate of drug-likeness (QED) is 0.467. The lowest BCUT2D eigenvalue weighted by atomic mass is 10.1. The summed E-state index contributed by atoms with van der Waals surface area (Å²) in [5.74, 6) is 0.338. The predicted octanol–water partition coefficient (Wildman–Crippen LogP) is 1.18. The zero-order chi connectivity index (χ0) is 12.8. The first-order chi connectivity index (χ1) is 8.75. The molecule has 7 nitrogen and oxygen atoms in total. The summed E-state index contributed by atoms with van der Waals surface area (Å²) < 4.78 is 0. The normalized spacial score (nSPS) is 10.7. The van der Waals surface area contributed by atoms with Crippen LogP contribution >= 0.6 is 0 Å². The molecule has 0 radical (unpaired) electrons. The molecule has 2 aromatic rings. The van der Waals surface area contributed by atoms with E-state index in [0.717, 1.165) is 5.56 Å². The number of aromatic nitrogens is 4. The zero-order valence-electron chi connectivity index (χ0n) is 9.79. The zero-order valence-corrected chi connectivity index (χ0v) is 9.79. The second-order valence-electron chi connectivity index (χ2n) is 3.67. The van der Waals surface area contributed by atoms with E-state index in [9.17, 15) is 4.79 Å². The maximum absolute atomic E-state index is 11.8. The van der Waals surface area contributed by atoms with Crippen molar-refractivity contribution in [3.8, 4) is 0 Å². The van der Waals surface area contributed by atoms with Crippen molar-refractivity contribution in [1.82, 2.24) is 20.6 Å². The van der Waals surface area contributed by atoms with Crippen LogP contribution in [0.15, 0.2) is 29.4 Å². The maximum atomic E-state index is 11.8. The number of aryl methyl sites for hydroxylation is 1. The number of tetrazole rings is 1. The summed E-state index contributed by atoms with van der Waals surface area (Å²) in [4.78, 5) is 11.8. The van der Waals surface area contributed by atoms with Crippen molar-refractivity contribution in [2.24, 2.45) is 5.10 Å². The second kappa shape index (κ2) is 5.67. The Labute approximate surface area is 103 Å². The molecule has 0 aliphatic heterocycles. The lowest BCUT2D eigenvalue weighted by Crippen LogP contribution is -2.01. The summed E-state index contributed by atoms with van der Waals surface area (Å²) in [5, 5.41) is 16.6. The van der Waals surface area contributed by atoms with Gasteiger partial charge in [0.25, 0.3) is 5.95 Å². The van der Waals surface area contributed by atoms with Crippen LogP contribution in [-0.4, -0.2) is 32.6 Å². The molecule has 1 aromatic heterocycles. The second-order valence-corrected chi connectivity index (χ2v) is 3.67. The molecule has 0 aliphatic rings. The fraction of sp³-hybridized carbons (Fsp3) is 0.182. The molecule has 1 heterocycles. The lowest BCUT2D eigenvalue weighted by molar-refractivity contribution is 0.100. The summed E-state index contributed by atoms with van der Waals surface area (Å²) in [5.41, 5.74) is 4.37. The van der Waals surface area contributed by atoms with Crippen LogP contribution in [0.3, 0.4) is 0 Å². The number of nitrogens with one attached hydrogen (secondary N) is 2. The van der Waals surface area contributed by atoms with Gasteiger partial charge in [-0.15, -0.1) is 0 Å². The van der Waals surface area contributed by atoms with Gasteiger partial charge in [0.1, 0.15) is 0 Å². The van der Waals surface area contributed by atoms with Gasteiger partial charge < -0.3 is 0 Å². The van der Waals surface area contributed by atoms with Crippen LogP contribution in [0.25, 0.3) is 0 Å². The van der Waals surface area contributed by atoms with Crippen molar-refractivity contribution >= 4 is 17.9 Å². The Bertz CT molecular complexity index is 531. The number of aromatic amines is 1. The van der Waals surface area contributed by atoms with Gasteiger partial charge in [0, 0.05) is 18.2 Å². The number of Topliss-reactive ketones (excluding diaryl/α,β-unsaturated/α-hetero) is 1. The van der Waals surface area contributed by atoms with Crippen LogP contribution in [0.1, 0.15) is 22.3 Å². The van der Waals surface area contributed by atoms with Gasteiger partial charge in [-0.25, -0.2) is 10.5 Å². The molecule has 18 heavy (non-hydrogen) atoms. The summed E-state index contributed by atoms with van der Waals surface area (Å²) in [6.45, 7) is 1.98. The highest BCUT2D eigenvalue weighted by Gasteiger charge is 2.02. The summed E-state index contributed by atoms with van der Waals surface area (Å²) in [7, 11) is 0. The molecular weight excluding hydrogens is 232 g/mol. The predicted molar refractivity (Wildman–Crippen MR) is 66.4 cm³/mol. The monoisotopic (exact) mass is 244 g/mol. The molecule has 92 valence electrons. The van der Waals surface area contributed by atoms with Crippen LogP contribution in [0.2, 0.25) is 0 Å². The van der Waals surface area contributed by atoms with Crippen molar-refractivity contribution in [3.05, 3.63) is 35.4 Å². The Morgan fingerprint density at radius 3 is 2.89 bits per heavy atom. The minimum Gasteiger partial charge on any atom is -0.294 e. The third-order valence-electron chi connectivity index (χ3n) is 2.26. The van der Waals surface area contributed by atoms with Gasteiger partial charge in [-0.3, -0.25) is 4.79 Å². The number of H-pyrrole nitrogens is 1. The van der Waals surface area contributed by atoms with Crippen molar-refractivity contribution in [2.75, 3.05) is 5.43 Å². The van der Waals surface area contributed by atoms with E-state index in [0.29, 0.717) is 11.5 Å². The molecule has 0 atom stereocenters. The number of hydrogen-bond donors (Lipinski definition) is 2. The average molecular weight is 244 g/mol. The molecule has 0 saturated carbocycles. The standard InChI is InChI=1S/C11H12N6O/c1-8-2-4-9(5-3-8)10(18)6-7-12-13-11-14-16-17-15-11/h2-5,7H,6H2,1H3,(H2,13,14,15,16,17)/b12-7+. The van der Waals surface area contributed by atoms with E-state index < -0.39 is 0 Å². The van der Waals surface area contributed by atoms with E-state index in [1.54, 1.807) is 12.1 Å². The van der Waals surface area contributed by atoms with Gasteiger partial charge in [-0.05, 0) is 17.4 Å². The maximum Gasteiger partial charge on any atom is 0.260 e. The van der Waals surface area contributed by atoms with Gasteiger partial charge in [0.2, 0.25) is 0 Å². The summed E-state index contributed by atoms with van der Waals surface area (Å²) in [6, 6.07) is 7.42. The van der Waals surface area contributed by atoms with E-state index in [-0.39, 0.29) is 12.2 Å². The third kappa shape index (κ3) is 3.21. The van der Waals surface area contributed by atoms with Crippen molar-refractivity contribution in [2.45, 2.75) is 13.3 Å². The Morgan fingerprint density at radius 2 is 2.22 bits per heavy atom. The van der Waals surface area contributed by atoms with Gasteiger partial charge in [-0.2, -0.15) is 5.10 Å². The molecule has 2 rings (SSSR count). The van der Waals surface area contributed by atoms with Crippen LogP contribution in [-0.2, 0) is 0 Å². The third-order valence-corrected chi connectivity index (χ3v) is 2.26. The SMILES string of the molecule is Cc1ccc(C(=O)C/C=N/Nc2nnn[nH]2)cc1. The molecule has 0 amide bonds. The molecule has 7 heteroatoms. The van der Waals surface area contributed by atoms with Crippen molar-refractivity contribution in [1.29, 1.82) is 0 Å². The topological polar surface area (TPSA) is 95.9 Å². The van der Waals surface area contributed by atoms with Gasteiger partial charge >= 0.3 is 0 Å². The molecule has 0 spiro atoms. The van der Waals surface area contributed by atoms with Crippen molar-refractivity contribution < 1.29 is 4.79 Å². The van der Waals surface area contributed by atoms with Gasteiger partial charge in [-0.1, -0.05) is 34.9 Å². The number of hydrogen-bond acceptors (Lipinski definition) is 6. The van der Waals surface area contributed by atoms with Crippen LogP contribution < -0.4 is 5.43 Å². The molecular formula is C11H12N6O. The minimum absolute atomic E-state index is 0.0104. The highest BCUT2D eigenvalue weighted by Crippen LogP contribution is 2.05. The number of carbonyl (C=O) groups is 1. The Balaban J connectivity index is 1.84. The first-order valence-corrected chi connectivity index (χ1v) is 5.37. The number of nitrogens with zero attached hydrogens (tertiary/aromatic N) is 4.